The number of aromatic amines is 1. The number of likely N-dealkylation sites (tertiary alicyclic amines) is 1. The van der Waals surface area contributed by atoms with Crippen molar-refractivity contribution in [2.75, 3.05) is 26.3 Å². The van der Waals surface area contributed by atoms with Crippen LogP contribution in [-0.2, 0) is 9.53 Å². The van der Waals surface area contributed by atoms with Crippen molar-refractivity contribution in [2.24, 2.45) is 5.92 Å². The average Bonchev–Trinajstić information content (AvgIpc) is 3.19. The summed E-state index contributed by atoms with van der Waals surface area (Å²) in [6.07, 6.45) is 5.45. The zero-order chi connectivity index (χ0) is 17.9. The summed E-state index contributed by atoms with van der Waals surface area (Å²) in [4.78, 5) is 14.9. The van der Waals surface area contributed by atoms with Gasteiger partial charge in [-0.2, -0.15) is 5.10 Å². The Hall–Kier alpha value is -2.21. The highest BCUT2D eigenvalue weighted by atomic mass is 19.1. The number of ether oxygens (including phenoxy) is 1. The Labute approximate surface area is 152 Å². The number of nitrogens with zero attached hydrogens (tertiary/aromatic N) is 2. The fraction of sp³-hybridized carbons (Fsp3) is 0.500. The van der Waals surface area contributed by atoms with Crippen LogP contribution in [0.2, 0.25) is 0 Å². The van der Waals surface area contributed by atoms with Crippen LogP contribution in [0.25, 0.3) is 11.1 Å². The van der Waals surface area contributed by atoms with Crippen molar-refractivity contribution in [1.29, 1.82) is 0 Å². The maximum absolute atomic E-state index is 13.2. The Morgan fingerprint density at radius 2 is 1.96 bits per heavy atom. The first-order valence-electron chi connectivity index (χ1n) is 9.38. The highest BCUT2D eigenvalue weighted by Crippen LogP contribution is 2.34. The molecule has 1 N–H and O–H groups in total. The zero-order valence-corrected chi connectivity index (χ0v) is 14.8. The maximum atomic E-state index is 13.2. The van der Waals surface area contributed by atoms with Crippen molar-refractivity contribution in [3.63, 3.8) is 0 Å². The molecular weight excluding hydrogens is 333 g/mol. The van der Waals surface area contributed by atoms with Gasteiger partial charge in [0.25, 0.3) is 0 Å². The lowest BCUT2D eigenvalue weighted by Crippen LogP contribution is -2.43. The lowest BCUT2D eigenvalue weighted by atomic mass is 9.89. The molecule has 0 bridgehead atoms. The number of piperidine rings is 1. The Bertz CT molecular complexity index is 753. The lowest BCUT2D eigenvalue weighted by molar-refractivity contribution is -0.139. The van der Waals surface area contributed by atoms with Crippen LogP contribution < -0.4 is 0 Å². The first-order chi connectivity index (χ1) is 12.7. The van der Waals surface area contributed by atoms with Gasteiger partial charge in [0.15, 0.2) is 0 Å². The molecule has 2 aliphatic heterocycles. The number of nitrogens with one attached hydrogen (secondary N) is 1. The molecule has 1 aromatic heterocycles. The van der Waals surface area contributed by atoms with Gasteiger partial charge in [-0.3, -0.25) is 9.89 Å². The third kappa shape index (κ3) is 3.51. The van der Waals surface area contributed by atoms with Gasteiger partial charge in [0.1, 0.15) is 5.82 Å². The number of carbonyl (C=O) groups excluding carboxylic acids is 1. The molecule has 2 aliphatic rings. The van der Waals surface area contributed by atoms with Gasteiger partial charge in [-0.1, -0.05) is 12.1 Å². The molecule has 1 atom stereocenters. The van der Waals surface area contributed by atoms with E-state index in [1.807, 2.05) is 4.90 Å². The molecule has 1 aromatic carbocycles. The van der Waals surface area contributed by atoms with Crippen LogP contribution in [0, 0.1) is 11.7 Å². The molecule has 2 saturated heterocycles. The molecule has 0 aliphatic carbocycles. The van der Waals surface area contributed by atoms with E-state index in [0.717, 1.165) is 49.0 Å². The van der Waals surface area contributed by atoms with E-state index in [0.29, 0.717) is 19.8 Å². The van der Waals surface area contributed by atoms with E-state index >= 15 is 0 Å². The van der Waals surface area contributed by atoms with Crippen molar-refractivity contribution in [3.8, 4) is 11.1 Å². The molecule has 26 heavy (non-hydrogen) atoms. The smallest absolute Gasteiger partial charge is 0.225 e. The molecule has 5 nitrogen and oxygen atoms in total. The minimum atomic E-state index is -0.246. The average molecular weight is 357 g/mol. The van der Waals surface area contributed by atoms with E-state index < -0.39 is 0 Å². The molecule has 0 saturated carbocycles. The van der Waals surface area contributed by atoms with Crippen LogP contribution in [-0.4, -0.2) is 47.3 Å². The van der Waals surface area contributed by atoms with E-state index in [2.05, 4.69) is 10.2 Å². The van der Waals surface area contributed by atoms with Crippen LogP contribution >= 0.6 is 0 Å². The summed E-state index contributed by atoms with van der Waals surface area (Å²) in [6.45, 7) is 2.91. The standard InChI is InChI=1S/C20H24FN3O2/c21-17-5-3-14(4-6-17)18-12-22-23-19(18)16-2-1-9-24(13-16)20(25)15-7-10-26-11-8-15/h3-6,12,15-16H,1-2,7-11,13H2,(H,22,23). The second-order valence-electron chi connectivity index (χ2n) is 7.21. The van der Waals surface area contributed by atoms with Crippen molar-refractivity contribution >= 4 is 5.91 Å². The van der Waals surface area contributed by atoms with Gasteiger partial charge < -0.3 is 9.64 Å². The minimum absolute atomic E-state index is 0.0980. The topological polar surface area (TPSA) is 58.2 Å². The highest BCUT2D eigenvalue weighted by molar-refractivity contribution is 5.79. The Morgan fingerprint density at radius 1 is 1.19 bits per heavy atom. The molecule has 0 spiro atoms. The molecule has 2 aromatic rings. The molecule has 138 valence electrons. The Kier molecular flexibility index (Phi) is 5.02. The molecule has 3 heterocycles. The minimum Gasteiger partial charge on any atom is -0.381 e. The summed E-state index contributed by atoms with van der Waals surface area (Å²) in [5.41, 5.74) is 2.99. The van der Waals surface area contributed by atoms with Gasteiger partial charge in [-0.15, -0.1) is 0 Å². The monoisotopic (exact) mass is 357 g/mol. The Morgan fingerprint density at radius 3 is 2.73 bits per heavy atom. The van der Waals surface area contributed by atoms with Crippen LogP contribution in [0.15, 0.2) is 30.5 Å². The van der Waals surface area contributed by atoms with Crippen LogP contribution in [0.1, 0.15) is 37.3 Å². The third-order valence-electron chi connectivity index (χ3n) is 5.54. The molecule has 0 radical (unpaired) electrons. The number of H-pyrrole nitrogens is 1. The number of aromatic nitrogens is 2. The largest absolute Gasteiger partial charge is 0.381 e. The van der Waals surface area contributed by atoms with Crippen LogP contribution in [0.4, 0.5) is 4.39 Å². The fourth-order valence-electron chi connectivity index (χ4n) is 4.08. The molecule has 6 heteroatoms. The summed E-state index contributed by atoms with van der Waals surface area (Å²) >= 11 is 0. The van der Waals surface area contributed by atoms with E-state index in [4.69, 9.17) is 4.74 Å². The van der Waals surface area contributed by atoms with Crippen LogP contribution in [0.5, 0.6) is 0 Å². The van der Waals surface area contributed by atoms with Gasteiger partial charge in [0, 0.05) is 49.4 Å². The molecule has 2 fully saturated rings. The number of carbonyl (C=O) groups is 1. The third-order valence-corrected chi connectivity index (χ3v) is 5.54. The highest BCUT2D eigenvalue weighted by Gasteiger charge is 2.32. The summed E-state index contributed by atoms with van der Waals surface area (Å²) < 4.78 is 18.6. The fourth-order valence-corrected chi connectivity index (χ4v) is 4.08. The normalized spacial score (nSPS) is 21.7. The number of hydrogen-bond donors (Lipinski definition) is 1. The second-order valence-corrected chi connectivity index (χ2v) is 7.21. The number of halogens is 1. The first kappa shape index (κ1) is 17.2. The summed E-state index contributed by atoms with van der Waals surface area (Å²) in [6, 6.07) is 6.48. The van der Waals surface area contributed by atoms with E-state index in [-0.39, 0.29) is 23.6 Å². The molecule has 4 rings (SSSR count). The van der Waals surface area contributed by atoms with Gasteiger partial charge in [-0.25, -0.2) is 4.39 Å². The Balaban J connectivity index is 1.51. The van der Waals surface area contributed by atoms with Crippen LogP contribution in [0.3, 0.4) is 0 Å². The van der Waals surface area contributed by atoms with Crippen molar-refractivity contribution in [1.82, 2.24) is 15.1 Å². The molecular formula is C20H24FN3O2. The quantitative estimate of drug-likeness (QED) is 0.916. The van der Waals surface area contributed by atoms with Crippen molar-refractivity contribution < 1.29 is 13.9 Å². The predicted octanol–water partition coefficient (Wildman–Crippen LogP) is 3.35. The van der Waals surface area contributed by atoms with E-state index in [1.165, 1.54) is 12.1 Å². The number of benzene rings is 1. The van der Waals surface area contributed by atoms with Gasteiger partial charge in [-0.05, 0) is 43.4 Å². The van der Waals surface area contributed by atoms with Gasteiger partial charge in [0.05, 0.1) is 6.20 Å². The summed E-state index contributed by atoms with van der Waals surface area (Å²) in [5.74, 6) is 0.349. The number of rotatable bonds is 3. The van der Waals surface area contributed by atoms with Gasteiger partial charge >= 0.3 is 0 Å². The predicted molar refractivity (Wildman–Crippen MR) is 96.1 cm³/mol. The number of amides is 1. The summed E-state index contributed by atoms with van der Waals surface area (Å²) in [5, 5.41) is 7.34. The molecule has 1 amide bonds. The van der Waals surface area contributed by atoms with Gasteiger partial charge in [0.2, 0.25) is 5.91 Å². The maximum Gasteiger partial charge on any atom is 0.225 e. The summed E-state index contributed by atoms with van der Waals surface area (Å²) in [7, 11) is 0. The van der Waals surface area contributed by atoms with E-state index in [9.17, 15) is 9.18 Å². The molecule has 1 unspecified atom stereocenters. The van der Waals surface area contributed by atoms with Crippen molar-refractivity contribution in [2.45, 2.75) is 31.6 Å². The SMILES string of the molecule is O=C(C1CCOCC1)N1CCCC(c2[nH]ncc2-c2ccc(F)cc2)C1. The number of hydrogen-bond acceptors (Lipinski definition) is 3. The zero-order valence-electron chi connectivity index (χ0n) is 14.8. The first-order valence-corrected chi connectivity index (χ1v) is 9.38. The van der Waals surface area contributed by atoms with Crippen molar-refractivity contribution in [3.05, 3.63) is 42.0 Å². The van der Waals surface area contributed by atoms with E-state index in [1.54, 1.807) is 18.3 Å². The lowest BCUT2D eigenvalue weighted by Gasteiger charge is -2.35. The second kappa shape index (κ2) is 7.58.